The Kier molecular flexibility index (Phi) is 6.11. The van der Waals surface area contributed by atoms with Gasteiger partial charge in [-0.2, -0.15) is 5.26 Å². The third kappa shape index (κ3) is 4.31. The Morgan fingerprint density at radius 1 is 1.18 bits per heavy atom. The van der Waals surface area contributed by atoms with Gasteiger partial charge in [-0.1, -0.05) is 55.8 Å². The molecule has 0 aliphatic heterocycles. The number of ether oxygens (including phenoxy) is 1. The lowest BCUT2D eigenvalue weighted by molar-refractivity contribution is -0.117. The molecule has 4 heteroatoms. The number of rotatable bonds is 8. The molecule has 34 heavy (non-hydrogen) atoms. The van der Waals surface area contributed by atoms with E-state index in [1.807, 2.05) is 30.3 Å². The third-order valence-corrected chi connectivity index (χ3v) is 7.11. The average molecular weight is 449 g/mol. The Labute approximate surface area is 201 Å². The summed E-state index contributed by atoms with van der Waals surface area (Å²) in [5, 5.41) is 12.4. The summed E-state index contributed by atoms with van der Waals surface area (Å²) in [4.78, 5) is 13.3. The molecule has 0 unspecified atom stereocenters. The van der Waals surface area contributed by atoms with E-state index in [4.69, 9.17) is 4.74 Å². The molecule has 0 aromatic heterocycles. The van der Waals surface area contributed by atoms with Crippen LogP contribution >= 0.6 is 0 Å². The number of unbranched alkanes of at least 4 members (excludes halogenated alkanes) is 1. The molecule has 0 heterocycles. The van der Waals surface area contributed by atoms with Crippen LogP contribution in [0.1, 0.15) is 53.5 Å². The van der Waals surface area contributed by atoms with Gasteiger partial charge < -0.3 is 10.1 Å². The van der Waals surface area contributed by atoms with Crippen molar-refractivity contribution in [1.29, 1.82) is 5.26 Å². The van der Waals surface area contributed by atoms with Crippen LogP contribution in [-0.2, 0) is 23.2 Å². The van der Waals surface area contributed by atoms with Crippen LogP contribution in [0.2, 0.25) is 0 Å². The molecule has 1 amide bonds. The number of carbonyl (C=O) groups is 1. The molecular formula is C30H28N2O2. The molecule has 5 rings (SSSR count). The summed E-state index contributed by atoms with van der Waals surface area (Å²) in [6, 6.07) is 24.1. The Morgan fingerprint density at radius 3 is 2.82 bits per heavy atom. The first kappa shape index (κ1) is 22.2. The summed E-state index contributed by atoms with van der Waals surface area (Å²) in [6.45, 7) is 4.42. The lowest BCUT2D eigenvalue weighted by Crippen LogP contribution is -2.20. The summed E-state index contributed by atoms with van der Waals surface area (Å²) in [7, 11) is 0. The molecule has 1 N–H and O–H groups in total. The monoisotopic (exact) mass is 448 g/mol. The van der Waals surface area contributed by atoms with E-state index < -0.39 is 0 Å². The normalized spacial score (nSPS) is 19.9. The van der Waals surface area contributed by atoms with Gasteiger partial charge in [0.25, 0.3) is 0 Å². The molecule has 3 aromatic rings. The third-order valence-electron chi connectivity index (χ3n) is 7.11. The summed E-state index contributed by atoms with van der Waals surface area (Å²) in [5.41, 5.74) is 5.79. The van der Waals surface area contributed by atoms with Crippen molar-refractivity contribution in [3.05, 3.63) is 108 Å². The zero-order valence-corrected chi connectivity index (χ0v) is 19.2. The van der Waals surface area contributed by atoms with Crippen LogP contribution in [0, 0.1) is 30.6 Å². The minimum atomic E-state index is -0.102. The van der Waals surface area contributed by atoms with E-state index in [2.05, 4.69) is 49.0 Å². The summed E-state index contributed by atoms with van der Waals surface area (Å²) < 4.78 is 6.07. The van der Waals surface area contributed by atoms with Crippen molar-refractivity contribution < 1.29 is 9.53 Å². The number of fused-ring (bicyclic) bond motifs is 2. The van der Waals surface area contributed by atoms with Crippen molar-refractivity contribution in [2.75, 3.05) is 5.32 Å². The molecule has 2 atom stereocenters. The number of nitrogens with zero attached hydrogens (tertiary/aromatic N) is 1. The maximum atomic E-state index is 13.3. The minimum Gasteiger partial charge on any atom is -0.489 e. The lowest BCUT2D eigenvalue weighted by atomic mass is 9.94. The predicted molar refractivity (Wildman–Crippen MR) is 133 cm³/mol. The molecule has 1 fully saturated rings. The van der Waals surface area contributed by atoms with Gasteiger partial charge in [-0.15, -0.1) is 0 Å². The van der Waals surface area contributed by atoms with E-state index in [1.165, 1.54) is 11.1 Å². The van der Waals surface area contributed by atoms with E-state index in [1.54, 1.807) is 12.1 Å². The number of anilines is 1. The van der Waals surface area contributed by atoms with Gasteiger partial charge >= 0.3 is 0 Å². The SMILES string of the molecule is [CH2]CC[CH]c1ccc(C#N)cc1NC(=O)[C@@H]1C[C@]12CCc1ccc(OCc3ccccc3)cc12. The largest absolute Gasteiger partial charge is 0.489 e. The first-order valence-electron chi connectivity index (χ1n) is 11.9. The fourth-order valence-corrected chi connectivity index (χ4v) is 5.17. The van der Waals surface area contributed by atoms with Crippen LogP contribution in [0.15, 0.2) is 66.7 Å². The highest BCUT2D eigenvalue weighted by molar-refractivity contribution is 5.97. The van der Waals surface area contributed by atoms with Crippen molar-refractivity contribution in [2.45, 2.75) is 44.1 Å². The van der Waals surface area contributed by atoms with Crippen LogP contribution in [-0.4, -0.2) is 5.91 Å². The number of amides is 1. The first-order chi connectivity index (χ1) is 16.6. The first-order valence-corrected chi connectivity index (χ1v) is 11.9. The van der Waals surface area contributed by atoms with Gasteiger partial charge in [-0.05, 0) is 78.6 Å². The van der Waals surface area contributed by atoms with Gasteiger partial charge in [-0.25, -0.2) is 0 Å². The van der Waals surface area contributed by atoms with Gasteiger partial charge in [0.1, 0.15) is 12.4 Å². The number of aryl methyl sites for hydroxylation is 1. The molecule has 1 spiro atoms. The number of hydrogen-bond donors (Lipinski definition) is 1. The molecule has 3 aromatic carbocycles. The topological polar surface area (TPSA) is 62.1 Å². The molecule has 4 nitrogen and oxygen atoms in total. The van der Waals surface area contributed by atoms with Crippen molar-refractivity contribution in [3.63, 3.8) is 0 Å². The number of nitrogens with one attached hydrogen (secondary N) is 1. The van der Waals surface area contributed by atoms with Crippen molar-refractivity contribution >= 4 is 11.6 Å². The van der Waals surface area contributed by atoms with Gasteiger partial charge in [0.15, 0.2) is 0 Å². The van der Waals surface area contributed by atoms with E-state index in [0.29, 0.717) is 17.9 Å². The van der Waals surface area contributed by atoms with Gasteiger partial charge in [0.2, 0.25) is 5.91 Å². The number of carbonyl (C=O) groups excluding carboxylic acids is 1. The highest BCUT2D eigenvalue weighted by Crippen LogP contribution is 2.62. The van der Waals surface area contributed by atoms with E-state index in [-0.39, 0.29) is 17.2 Å². The van der Waals surface area contributed by atoms with Crippen LogP contribution in [0.5, 0.6) is 5.75 Å². The van der Waals surface area contributed by atoms with Crippen molar-refractivity contribution in [3.8, 4) is 11.8 Å². The second-order valence-corrected chi connectivity index (χ2v) is 9.26. The van der Waals surface area contributed by atoms with Crippen LogP contribution < -0.4 is 10.1 Å². The molecule has 2 radical (unpaired) electrons. The standard InChI is InChI=1S/C30H28N2O2/c1-2-3-9-24-11-10-22(19-31)16-28(24)32-29(33)27-18-30(27)15-14-23-12-13-25(17-26(23)30)34-20-21-7-5-4-6-8-21/h4-13,16-17,27H,1-3,14-15,18,20H2,(H,32,33)/t27-,30-/m0/s1. The number of nitriles is 1. The quantitative estimate of drug-likeness (QED) is 0.450. The second-order valence-electron chi connectivity index (χ2n) is 9.26. The van der Waals surface area contributed by atoms with Gasteiger partial charge in [0, 0.05) is 17.0 Å². The van der Waals surface area contributed by atoms with Crippen LogP contribution in [0.3, 0.4) is 0 Å². The van der Waals surface area contributed by atoms with Crippen molar-refractivity contribution in [2.24, 2.45) is 5.92 Å². The van der Waals surface area contributed by atoms with Gasteiger partial charge in [0.05, 0.1) is 11.6 Å². The Hall–Kier alpha value is -3.58. The summed E-state index contributed by atoms with van der Waals surface area (Å²) in [6.07, 6.45) is 6.50. The average Bonchev–Trinajstić information content (AvgIpc) is 3.51. The molecule has 170 valence electrons. The second kappa shape index (κ2) is 9.35. The molecule has 0 saturated heterocycles. The Balaban J connectivity index is 1.31. The molecular weight excluding hydrogens is 420 g/mol. The highest BCUT2D eigenvalue weighted by Gasteiger charge is 2.61. The number of hydrogen-bond acceptors (Lipinski definition) is 3. The molecule has 0 bridgehead atoms. The van der Waals surface area contributed by atoms with E-state index >= 15 is 0 Å². The molecule has 2 aliphatic carbocycles. The summed E-state index contributed by atoms with van der Waals surface area (Å²) >= 11 is 0. The maximum absolute atomic E-state index is 13.3. The fraction of sp³-hybridized carbons (Fsp3) is 0.267. The van der Waals surface area contributed by atoms with E-state index in [9.17, 15) is 10.1 Å². The minimum absolute atomic E-state index is 0.0304. The Bertz CT molecular complexity index is 1240. The van der Waals surface area contributed by atoms with Crippen molar-refractivity contribution in [1.82, 2.24) is 0 Å². The fourth-order valence-electron chi connectivity index (χ4n) is 5.17. The smallest absolute Gasteiger partial charge is 0.228 e. The van der Waals surface area contributed by atoms with Gasteiger partial charge in [-0.3, -0.25) is 4.79 Å². The zero-order chi connectivity index (χ0) is 23.5. The van der Waals surface area contributed by atoms with E-state index in [0.717, 1.165) is 49.0 Å². The molecule has 1 saturated carbocycles. The lowest BCUT2D eigenvalue weighted by Gasteiger charge is -2.15. The summed E-state index contributed by atoms with van der Waals surface area (Å²) in [5.74, 6) is 0.814. The van der Waals surface area contributed by atoms with Crippen LogP contribution in [0.25, 0.3) is 0 Å². The Morgan fingerprint density at radius 2 is 2.03 bits per heavy atom. The zero-order valence-electron chi connectivity index (χ0n) is 19.2. The highest BCUT2D eigenvalue weighted by atomic mass is 16.5. The predicted octanol–water partition coefficient (Wildman–Crippen LogP) is 6.15. The molecule has 2 aliphatic rings. The maximum Gasteiger partial charge on any atom is 0.228 e. The van der Waals surface area contributed by atoms with Crippen LogP contribution in [0.4, 0.5) is 5.69 Å². The number of benzene rings is 3.